The van der Waals surface area contributed by atoms with E-state index in [2.05, 4.69) is 10.1 Å². The van der Waals surface area contributed by atoms with Gasteiger partial charge in [0.1, 0.15) is 5.75 Å². The minimum Gasteiger partial charge on any atom is -0.493 e. The molecule has 0 bridgehead atoms. The second kappa shape index (κ2) is 5.83. The van der Waals surface area contributed by atoms with Crippen LogP contribution in [0.1, 0.15) is 18.6 Å². The summed E-state index contributed by atoms with van der Waals surface area (Å²) in [6.45, 7) is 3.52. The smallest absolute Gasteiger partial charge is 0.236 e. The first-order chi connectivity index (χ1) is 10.2. The minimum atomic E-state index is -0.397. The van der Waals surface area contributed by atoms with E-state index in [1.165, 1.54) is 0 Å². The molecule has 1 aromatic heterocycles. The molecular weight excluding hydrogens is 270 g/mol. The Morgan fingerprint density at radius 1 is 1.38 bits per heavy atom. The number of benzene rings is 1. The largest absolute Gasteiger partial charge is 0.493 e. The van der Waals surface area contributed by atoms with Gasteiger partial charge in [-0.05, 0) is 19.1 Å². The summed E-state index contributed by atoms with van der Waals surface area (Å²) < 4.78 is 16.4. The molecule has 2 aromatic rings. The summed E-state index contributed by atoms with van der Waals surface area (Å²) in [5.41, 5.74) is 5.66. The van der Waals surface area contributed by atoms with Crippen molar-refractivity contribution >= 4 is 0 Å². The summed E-state index contributed by atoms with van der Waals surface area (Å²) in [7, 11) is 0. The van der Waals surface area contributed by atoms with Gasteiger partial charge < -0.3 is 19.7 Å². The van der Waals surface area contributed by atoms with Crippen molar-refractivity contribution in [2.45, 2.75) is 24.8 Å². The molecule has 1 aliphatic rings. The molecule has 3 rings (SSSR count). The fourth-order valence-electron chi connectivity index (χ4n) is 2.27. The molecule has 0 saturated carbocycles. The van der Waals surface area contributed by atoms with Crippen LogP contribution in [0.4, 0.5) is 0 Å². The monoisotopic (exact) mass is 289 g/mol. The van der Waals surface area contributed by atoms with Gasteiger partial charge in [0.05, 0.1) is 25.2 Å². The average molecular weight is 289 g/mol. The molecule has 2 unspecified atom stereocenters. The van der Waals surface area contributed by atoms with E-state index in [1.54, 1.807) is 0 Å². The Bertz CT molecular complexity index is 587. The number of para-hydroxylation sites is 1. The Labute approximate surface area is 123 Å². The molecule has 1 fully saturated rings. The quantitative estimate of drug-likeness (QED) is 0.893. The molecule has 1 aliphatic heterocycles. The van der Waals surface area contributed by atoms with Crippen molar-refractivity contribution in [2.24, 2.45) is 5.73 Å². The molecule has 2 atom stereocenters. The zero-order valence-corrected chi connectivity index (χ0v) is 12.0. The van der Waals surface area contributed by atoms with Gasteiger partial charge >= 0.3 is 0 Å². The van der Waals surface area contributed by atoms with Gasteiger partial charge in [-0.15, -0.1) is 0 Å². The molecule has 1 aromatic carbocycles. The van der Waals surface area contributed by atoms with Gasteiger partial charge in [-0.25, -0.2) is 0 Å². The molecule has 2 heterocycles. The van der Waals surface area contributed by atoms with Crippen molar-refractivity contribution in [3.8, 4) is 5.75 Å². The van der Waals surface area contributed by atoms with Gasteiger partial charge in [-0.1, -0.05) is 23.4 Å². The number of nitrogens with zero attached hydrogens (tertiary/aromatic N) is 2. The molecule has 1 saturated heterocycles. The topological polar surface area (TPSA) is 83.4 Å². The van der Waals surface area contributed by atoms with Gasteiger partial charge in [0, 0.05) is 12.5 Å². The predicted molar refractivity (Wildman–Crippen MR) is 76.1 cm³/mol. The third kappa shape index (κ3) is 2.91. The van der Waals surface area contributed by atoms with Gasteiger partial charge in [0.15, 0.2) is 5.82 Å². The minimum absolute atomic E-state index is 0.119. The average Bonchev–Trinajstić information content (AvgIpc) is 3.09. The number of ether oxygens (including phenoxy) is 2. The highest BCUT2D eigenvalue weighted by Crippen LogP contribution is 2.30. The number of nitrogens with two attached hydrogens (primary N) is 1. The summed E-state index contributed by atoms with van der Waals surface area (Å²) in [4.78, 5) is 4.43. The van der Waals surface area contributed by atoms with E-state index < -0.39 is 5.41 Å². The fraction of sp³-hybridized carbons (Fsp3) is 0.467. The van der Waals surface area contributed by atoms with E-state index in [1.807, 2.05) is 37.3 Å². The molecule has 6 nitrogen and oxygen atoms in total. The van der Waals surface area contributed by atoms with Crippen LogP contribution in [0.3, 0.4) is 0 Å². The van der Waals surface area contributed by atoms with Crippen LogP contribution in [-0.4, -0.2) is 36.0 Å². The van der Waals surface area contributed by atoms with Gasteiger partial charge in [-0.3, -0.25) is 0 Å². The molecule has 0 aliphatic carbocycles. The Kier molecular flexibility index (Phi) is 3.90. The maximum Gasteiger partial charge on any atom is 0.236 e. The van der Waals surface area contributed by atoms with Gasteiger partial charge in [-0.2, -0.15) is 4.98 Å². The number of hydrogen-bond donors (Lipinski definition) is 1. The zero-order chi connectivity index (χ0) is 14.7. The number of rotatable bonds is 5. The van der Waals surface area contributed by atoms with Crippen molar-refractivity contribution in [3.05, 3.63) is 42.0 Å². The van der Waals surface area contributed by atoms with E-state index >= 15 is 0 Å². The first-order valence-electron chi connectivity index (χ1n) is 7.03. The SMILES string of the molecule is CC1(c2nc(CCOc3ccccc3)no2)COCC1N. The predicted octanol–water partition coefficient (Wildman–Crippen LogP) is 1.31. The molecule has 6 heteroatoms. The Hall–Kier alpha value is -1.92. The lowest BCUT2D eigenvalue weighted by Crippen LogP contribution is -2.42. The van der Waals surface area contributed by atoms with Crippen LogP contribution in [0.25, 0.3) is 0 Å². The van der Waals surface area contributed by atoms with Gasteiger partial charge in [0.2, 0.25) is 5.89 Å². The van der Waals surface area contributed by atoms with Crippen LogP contribution in [0.2, 0.25) is 0 Å². The highest BCUT2D eigenvalue weighted by molar-refractivity contribution is 5.21. The van der Waals surface area contributed by atoms with Crippen LogP contribution in [-0.2, 0) is 16.6 Å². The van der Waals surface area contributed by atoms with E-state index in [9.17, 15) is 0 Å². The van der Waals surface area contributed by atoms with Crippen molar-refractivity contribution in [1.29, 1.82) is 0 Å². The molecular formula is C15H19N3O3. The van der Waals surface area contributed by atoms with Crippen LogP contribution >= 0.6 is 0 Å². The maximum atomic E-state index is 6.05. The van der Waals surface area contributed by atoms with E-state index in [0.29, 0.717) is 38.0 Å². The molecule has 0 radical (unpaired) electrons. The Balaban J connectivity index is 1.58. The van der Waals surface area contributed by atoms with Crippen molar-refractivity contribution in [1.82, 2.24) is 10.1 Å². The normalized spacial score (nSPS) is 25.1. The fourth-order valence-corrected chi connectivity index (χ4v) is 2.27. The summed E-state index contributed by atoms with van der Waals surface area (Å²) in [6, 6.07) is 9.53. The van der Waals surface area contributed by atoms with E-state index in [0.717, 1.165) is 5.75 Å². The lowest BCUT2D eigenvalue weighted by atomic mass is 9.86. The Morgan fingerprint density at radius 2 is 2.19 bits per heavy atom. The maximum absolute atomic E-state index is 6.05. The summed E-state index contributed by atoms with van der Waals surface area (Å²) in [6.07, 6.45) is 0.588. The first kappa shape index (κ1) is 14.0. The number of hydrogen-bond acceptors (Lipinski definition) is 6. The third-order valence-electron chi connectivity index (χ3n) is 3.81. The third-order valence-corrected chi connectivity index (χ3v) is 3.81. The lowest BCUT2D eigenvalue weighted by Gasteiger charge is -2.21. The second-order valence-electron chi connectivity index (χ2n) is 5.47. The van der Waals surface area contributed by atoms with E-state index in [-0.39, 0.29) is 6.04 Å². The van der Waals surface area contributed by atoms with E-state index in [4.69, 9.17) is 19.7 Å². The van der Waals surface area contributed by atoms with Crippen LogP contribution in [0.15, 0.2) is 34.9 Å². The molecule has 2 N–H and O–H groups in total. The summed E-state index contributed by atoms with van der Waals surface area (Å²) >= 11 is 0. The van der Waals surface area contributed by atoms with Crippen LogP contribution in [0.5, 0.6) is 5.75 Å². The highest BCUT2D eigenvalue weighted by atomic mass is 16.5. The van der Waals surface area contributed by atoms with Crippen LogP contribution in [0, 0.1) is 0 Å². The second-order valence-corrected chi connectivity index (χ2v) is 5.47. The lowest BCUT2D eigenvalue weighted by molar-refractivity contribution is 0.169. The summed E-state index contributed by atoms with van der Waals surface area (Å²) in [5, 5.41) is 3.99. The van der Waals surface area contributed by atoms with Crippen molar-refractivity contribution in [3.63, 3.8) is 0 Å². The van der Waals surface area contributed by atoms with Crippen molar-refractivity contribution in [2.75, 3.05) is 19.8 Å². The highest BCUT2D eigenvalue weighted by Gasteiger charge is 2.44. The molecule has 112 valence electrons. The standard InChI is InChI=1S/C15H19N3O3/c1-15(10-19-9-12(15)16)14-17-13(18-21-14)7-8-20-11-5-3-2-4-6-11/h2-6,12H,7-10,16H2,1H3. The van der Waals surface area contributed by atoms with Crippen molar-refractivity contribution < 1.29 is 14.0 Å². The number of aromatic nitrogens is 2. The molecule has 0 amide bonds. The Morgan fingerprint density at radius 3 is 2.90 bits per heavy atom. The molecule has 0 spiro atoms. The van der Waals surface area contributed by atoms with Gasteiger partial charge in [0.25, 0.3) is 0 Å². The zero-order valence-electron chi connectivity index (χ0n) is 12.0. The summed E-state index contributed by atoms with van der Waals surface area (Å²) in [5.74, 6) is 2.00. The molecule has 21 heavy (non-hydrogen) atoms. The van der Waals surface area contributed by atoms with Crippen LogP contribution < -0.4 is 10.5 Å². The first-order valence-corrected chi connectivity index (χ1v) is 7.03.